The molecule has 0 aromatic heterocycles. The second kappa shape index (κ2) is 8.43. The minimum absolute atomic E-state index is 0.152. The molecule has 2 heteroatoms. The van der Waals surface area contributed by atoms with Crippen LogP contribution in [0.15, 0.2) is 30.3 Å². The van der Waals surface area contributed by atoms with E-state index in [1.54, 1.807) is 0 Å². The van der Waals surface area contributed by atoms with Crippen LogP contribution < -0.4 is 5.32 Å². The van der Waals surface area contributed by atoms with Gasteiger partial charge in [-0.3, -0.25) is 0 Å². The fourth-order valence-corrected chi connectivity index (χ4v) is 2.74. The number of rotatable bonds is 8. The lowest BCUT2D eigenvalue weighted by atomic mass is 9.82. The third kappa shape index (κ3) is 5.64. The average Bonchev–Trinajstić information content (AvgIpc) is 2.41. The Morgan fingerprint density at radius 3 is 2.25 bits per heavy atom. The van der Waals surface area contributed by atoms with E-state index < -0.39 is 0 Å². The van der Waals surface area contributed by atoms with Crippen molar-refractivity contribution in [1.82, 2.24) is 5.32 Å². The maximum absolute atomic E-state index is 6.05. The van der Waals surface area contributed by atoms with E-state index in [4.69, 9.17) is 4.74 Å². The minimum atomic E-state index is 0.152. The molecule has 1 N–H and O–H groups in total. The molecule has 1 aromatic rings. The minimum Gasteiger partial charge on any atom is -0.376 e. The molecule has 0 aliphatic carbocycles. The van der Waals surface area contributed by atoms with Gasteiger partial charge in [0.25, 0.3) is 0 Å². The Hall–Kier alpha value is -0.860. The second-order valence-corrected chi connectivity index (χ2v) is 6.43. The summed E-state index contributed by atoms with van der Waals surface area (Å²) in [7, 11) is 0. The summed E-state index contributed by atoms with van der Waals surface area (Å²) in [6.07, 6.45) is 2.45. The SMILES string of the molecule is CCNC(CCc1ccccc1)C(OCC)C(C)(C)C. The molecule has 1 aromatic carbocycles. The fourth-order valence-electron chi connectivity index (χ4n) is 2.74. The molecule has 0 amide bonds. The zero-order chi connectivity index (χ0) is 15.0. The molecule has 0 fully saturated rings. The number of aryl methyl sites for hydroxylation is 1. The highest BCUT2D eigenvalue weighted by Crippen LogP contribution is 2.27. The summed E-state index contributed by atoms with van der Waals surface area (Å²) in [6, 6.07) is 11.1. The monoisotopic (exact) mass is 277 g/mol. The molecule has 2 nitrogen and oxygen atoms in total. The van der Waals surface area contributed by atoms with Gasteiger partial charge in [0.2, 0.25) is 0 Å². The molecular formula is C18H31NO. The van der Waals surface area contributed by atoms with Gasteiger partial charge in [0.1, 0.15) is 0 Å². The molecule has 0 bridgehead atoms. The molecule has 114 valence electrons. The fraction of sp³-hybridized carbons (Fsp3) is 0.667. The number of ether oxygens (including phenoxy) is 1. The van der Waals surface area contributed by atoms with Crippen LogP contribution in [0.5, 0.6) is 0 Å². The number of likely N-dealkylation sites (N-methyl/N-ethyl adjacent to an activating group) is 1. The molecule has 0 saturated heterocycles. The molecule has 0 spiro atoms. The van der Waals surface area contributed by atoms with Crippen molar-refractivity contribution in [1.29, 1.82) is 0 Å². The van der Waals surface area contributed by atoms with Crippen molar-refractivity contribution >= 4 is 0 Å². The van der Waals surface area contributed by atoms with Gasteiger partial charge < -0.3 is 10.1 Å². The van der Waals surface area contributed by atoms with Crippen molar-refractivity contribution in [3.63, 3.8) is 0 Å². The van der Waals surface area contributed by atoms with Crippen LogP contribution in [0, 0.1) is 5.41 Å². The third-order valence-electron chi connectivity index (χ3n) is 3.62. The van der Waals surface area contributed by atoms with Crippen molar-refractivity contribution in [2.45, 2.75) is 59.6 Å². The van der Waals surface area contributed by atoms with Crippen LogP contribution in [0.3, 0.4) is 0 Å². The molecule has 20 heavy (non-hydrogen) atoms. The van der Waals surface area contributed by atoms with E-state index in [9.17, 15) is 0 Å². The van der Waals surface area contributed by atoms with Crippen molar-refractivity contribution in [2.24, 2.45) is 5.41 Å². The van der Waals surface area contributed by atoms with E-state index in [1.807, 2.05) is 0 Å². The molecule has 0 aliphatic rings. The van der Waals surface area contributed by atoms with Gasteiger partial charge in [-0.25, -0.2) is 0 Å². The van der Waals surface area contributed by atoms with Crippen molar-refractivity contribution in [3.05, 3.63) is 35.9 Å². The zero-order valence-electron chi connectivity index (χ0n) is 13.8. The second-order valence-electron chi connectivity index (χ2n) is 6.43. The third-order valence-corrected chi connectivity index (χ3v) is 3.62. The normalized spacial score (nSPS) is 15.1. The van der Waals surface area contributed by atoms with Crippen LogP contribution in [0.25, 0.3) is 0 Å². The molecule has 0 saturated carbocycles. The van der Waals surface area contributed by atoms with Crippen LogP contribution in [0.2, 0.25) is 0 Å². The van der Waals surface area contributed by atoms with E-state index in [0.29, 0.717) is 6.04 Å². The van der Waals surface area contributed by atoms with Crippen molar-refractivity contribution in [2.75, 3.05) is 13.2 Å². The van der Waals surface area contributed by atoms with E-state index in [2.05, 4.69) is 70.3 Å². The van der Waals surface area contributed by atoms with Crippen LogP contribution in [-0.2, 0) is 11.2 Å². The summed E-state index contributed by atoms with van der Waals surface area (Å²) >= 11 is 0. The molecule has 2 unspecified atom stereocenters. The highest BCUT2D eigenvalue weighted by Gasteiger charge is 2.32. The Kier molecular flexibility index (Phi) is 7.25. The van der Waals surface area contributed by atoms with Gasteiger partial charge in [-0.1, -0.05) is 58.0 Å². The Morgan fingerprint density at radius 1 is 1.10 bits per heavy atom. The predicted molar refractivity (Wildman–Crippen MR) is 87.1 cm³/mol. The maximum Gasteiger partial charge on any atom is 0.0776 e. The topological polar surface area (TPSA) is 21.3 Å². The highest BCUT2D eigenvalue weighted by atomic mass is 16.5. The summed E-state index contributed by atoms with van der Waals surface area (Å²) in [5.74, 6) is 0. The van der Waals surface area contributed by atoms with Crippen LogP contribution in [-0.4, -0.2) is 25.3 Å². The summed E-state index contributed by atoms with van der Waals surface area (Å²) < 4.78 is 6.05. The van der Waals surface area contributed by atoms with Gasteiger partial charge in [0.05, 0.1) is 6.10 Å². The van der Waals surface area contributed by atoms with Gasteiger partial charge in [-0.15, -0.1) is 0 Å². The first-order valence-corrected chi connectivity index (χ1v) is 7.88. The van der Waals surface area contributed by atoms with E-state index in [-0.39, 0.29) is 11.5 Å². The first kappa shape index (κ1) is 17.2. The lowest BCUT2D eigenvalue weighted by molar-refractivity contribution is -0.0369. The molecule has 1 rings (SSSR count). The van der Waals surface area contributed by atoms with Crippen molar-refractivity contribution < 1.29 is 4.74 Å². The Bertz CT molecular complexity index is 355. The van der Waals surface area contributed by atoms with Gasteiger partial charge in [-0.2, -0.15) is 0 Å². The van der Waals surface area contributed by atoms with E-state index >= 15 is 0 Å². The van der Waals surface area contributed by atoms with Gasteiger partial charge in [-0.05, 0) is 37.3 Å². The summed E-state index contributed by atoms with van der Waals surface area (Å²) in [5.41, 5.74) is 1.55. The smallest absolute Gasteiger partial charge is 0.0776 e. The van der Waals surface area contributed by atoms with E-state index in [0.717, 1.165) is 26.0 Å². The average molecular weight is 277 g/mol. The standard InChI is InChI=1S/C18H31NO/c1-6-19-16(17(20-7-2)18(3,4)5)14-13-15-11-9-8-10-12-15/h8-12,16-17,19H,6-7,13-14H2,1-5H3. The van der Waals surface area contributed by atoms with E-state index in [1.165, 1.54) is 5.56 Å². The summed E-state index contributed by atoms with van der Waals surface area (Å²) in [6.45, 7) is 12.8. The van der Waals surface area contributed by atoms with Gasteiger partial charge in [0, 0.05) is 12.6 Å². The summed E-state index contributed by atoms with van der Waals surface area (Å²) in [5, 5.41) is 3.62. The van der Waals surface area contributed by atoms with Crippen LogP contribution in [0.4, 0.5) is 0 Å². The Balaban J connectivity index is 2.70. The lowest BCUT2D eigenvalue weighted by Gasteiger charge is -2.37. The molecule has 0 aliphatic heterocycles. The summed E-state index contributed by atoms with van der Waals surface area (Å²) in [4.78, 5) is 0. The quantitative estimate of drug-likeness (QED) is 0.774. The number of nitrogens with one attached hydrogen (secondary N) is 1. The van der Waals surface area contributed by atoms with Gasteiger partial charge in [0.15, 0.2) is 0 Å². The number of benzene rings is 1. The largest absolute Gasteiger partial charge is 0.376 e. The Labute approximate surface area is 124 Å². The highest BCUT2D eigenvalue weighted by molar-refractivity contribution is 5.15. The molecular weight excluding hydrogens is 246 g/mol. The molecule has 2 atom stereocenters. The zero-order valence-corrected chi connectivity index (χ0v) is 13.8. The Morgan fingerprint density at radius 2 is 1.75 bits per heavy atom. The number of hydrogen-bond acceptors (Lipinski definition) is 2. The van der Waals surface area contributed by atoms with Crippen LogP contribution >= 0.6 is 0 Å². The maximum atomic E-state index is 6.05. The van der Waals surface area contributed by atoms with Crippen molar-refractivity contribution in [3.8, 4) is 0 Å². The molecule has 0 heterocycles. The predicted octanol–water partition coefficient (Wildman–Crippen LogP) is 4.05. The lowest BCUT2D eigenvalue weighted by Crippen LogP contribution is -2.48. The number of hydrogen-bond donors (Lipinski definition) is 1. The van der Waals surface area contributed by atoms with Crippen LogP contribution in [0.1, 0.15) is 46.6 Å². The first-order chi connectivity index (χ1) is 9.49. The van der Waals surface area contributed by atoms with Gasteiger partial charge >= 0.3 is 0 Å². The first-order valence-electron chi connectivity index (χ1n) is 7.88. The molecule has 0 radical (unpaired) electrons.